The van der Waals surface area contributed by atoms with Crippen molar-refractivity contribution in [3.05, 3.63) is 40.1 Å². The van der Waals surface area contributed by atoms with E-state index in [4.69, 9.17) is 0 Å². The number of anilines is 1. The highest BCUT2D eigenvalue weighted by atomic mass is 79.9. The minimum absolute atomic E-state index is 0.0520. The normalized spacial score (nSPS) is 21.7. The number of nitrogens with one attached hydrogen (secondary N) is 2. The van der Waals surface area contributed by atoms with E-state index >= 15 is 0 Å². The second kappa shape index (κ2) is 9.42. The molecule has 1 fully saturated rings. The van der Waals surface area contributed by atoms with Crippen molar-refractivity contribution in [1.29, 1.82) is 0 Å². The predicted molar refractivity (Wildman–Crippen MR) is 131 cm³/mol. The zero-order chi connectivity index (χ0) is 24.7. The molecule has 0 saturated carbocycles. The van der Waals surface area contributed by atoms with Crippen LogP contribution in [0, 0.1) is 0 Å². The van der Waals surface area contributed by atoms with Crippen LogP contribution < -0.4 is 5.32 Å². The second-order valence-electron chi connectivity index (χ2n) is 9.22. The van der Waals surface area contributed by atoms with Crippen LogP contribution in [0.2, 0.25) is 0 Å². The van der Waals surface area contributed by atoms with Gasteiger partial charge in [-0.1, -0.05) is 6.07 Å². The van der Waals surface area contributed by atoms with Gasteiger partial charge in [0.2, 0.25) is 5.95 Å². The van der Waals surface area contributed by atoms with Crippen LogP contribution in [0.1, 0.15) is 41.6 Å². The maximum Gasteiger partial charge on any atom is 0.419 e. The molecule has 3 aromatic rings. The molecular weight excluding hydrogens is 525 g/mol. The minimum atomic E-state index is -4.62. The standard InChI is InChI=1S/C24H26BrF3N6O/c1-33-8-2-3-9-34-10-4-5-14(13-34)31-23-30-12-18(24(26,27)28)20(32-23)17-11-29-21-15(17)6-7-16(19(21)25)22(33)35/h6-7,11-12,14,29H,2-5,8-10,13H2,1H3,(H,30,31,32)/t14-/m0/s1. The highest BCUT2D eigenvalue weighted by Crippen LogP contribution is 2.40. The molecule has 1 aromatic carbocycles. The third-order valence-electron chi connectivity index (χ3n) is 6.78. The number of H-pyrrole nitrogens is 1. The summed E-state index contributed by atoms with van der Waals surface area (Å²) < 4.78 is 42.3. The molecule has 2 atom stereocenters. The summed E-state index contributed by atoms with van der Waals surface area (Å²) in [5.74, 6) is 0.0429. The molecule has 186 valence electrons. The van der Waals surface area contributed by atoms with E-state index in [0.717, 1.165) is 51.5 Å². The van der Waals surface area contributed by atoms with Crippen molar-refractivity contribution < 1.29 is 18.0 Å². The highest BCUT2D eigenvalue weighted by molar-refractivity contribution is 9.10. The molecular formula is C24H26BrF3N6O. The van der Waals surface area contributed by atoms with Gasteiger partial charge in [0, 0.05) is 49.5 Å². The molecule has 11 heteroatoms. The molecule has 1 unspecified atom stereocenters. The summed E-state index contributed by atoms with van der Waals surface area (Å²) in [6.45, 7) is 3.28. The number of fused-ring (bicyclic) bond motifs is 6. The van der Waals surface area contributed by atoms with Crippen LogP contribution >= 0.6 is 15.9 Å². The number of aromatic nitrogens is 3. The van der Waals surface area contributed by atoms with Crippen molar-refractivity contribution in [3.63, 3.8) is 0 Å². The molecule has 2 N–H and O–H groups in total. The summed E-state index contributed by atoms with van der Waals surface area (Å²) in [7, 11) is 1.77. The number of alkyl halides is 3. The van der Waals surface area contributed by atoms with E-state index in [1.54, 1.807) is 24.1 Å². The van der Waals surface area contributed by atoms with Gasteiger partial charge in [-0.15, -0.1) is 0 Å². The number of halogens is 4. The first-order valence-electron chi connectivity index (χ1n) is 11.7. The summed E-state index contributed by atoms with van der Waals surface area (Å²) in [6, 6.07) is 3.37. The van der Waals surface area contributed by atoms with Gasteiger partial charge in [0.15, 0.2) is 0 Å². The van der Waals surface area contributed by atoms with Crippen molar-refractivity contribution in [2.45, 2.75) is 37.9 Å². The number of aromatic amines is 1. The van der Waals surface area contributed by atoms with Gasteiger partial charge in [0.25, 0.3) is 5.91 Å². The predicted octanol–water partition coefficient (Wildman–Crippen LogP) is 5.15. The first kappa shape index (κ1) is 24.1. The van der Waals surface area contributed by atoms with Crippen LogP contribution in [0.25, 0.3) is 22.2 Å². The van der Waals surface area contributed by atoms with Crippen molar-refractivity contribution in [2.24, 2.45) is 0 Å². The molecule has 5 heterocycles. The van der Waals surface area contributed by atoms with Crippen LogP contribution in [0.15, 0.2) is 29.0 Å². The van der Waals surface area contributed by atoms with Gasteiger partial charge in [-0.2, -0.15) is 13.2 Å². The molecule has 1 amide bonds. The number of amides is 1. The molecule has 2 aromatic heterocycles. The van der Waals surface area contributed by atoms with Crippen LogP contribution in [0.3, 0.4) is 0 Å². The number of carbonyl (C=O) groups is 1. The number of hydrogen-bond donors (Lipinski definition) is 2. The van der Waals surface area contributed by atoms with Gasteiger partial charge in [0.05, 0.1) is 21.2 Å². The van der Waals surface area contributed by atoms with Gasteiger partial charge in [0.1, 0.15) is 5.56 Å². The summed E-state index contributed by atoms with van der Waals surface area (Å²) in [5, 5.41) is 3.81. The van der Waals surface area contributed by atoms with E-state index in [0.29, 0.717) is 33.0 Å². The molecule has 3 aliphatic heterocycles. The lowest BCUT2D eigenvalue weighted by Gasteiger charge is -2.33. The van der Waals surface area contributed by atoms with Gasteiger partial charge < -0.3 is 20.1 Å². The van der Waals surface area contributed by atoms with Gasteiger partial charge >= 0.3 is 6.18 Å². The van der Waals surface area contributed by atoms with Crippen molar-refractivity contribution in [2.75, 3.05) is 38.5 Å². The molecule has 6 rings (SSSR count). The fourth-order valence-electron chi connectivity index (χ4n) is 4.94. The Morgan fingerprint density at radius 2 is 1.89 bits per heavy atom. The Morgan fingerprint density at radius 3 is 2.69 bits per heavy atom. The highest BCUT2D eigenvalue weighted by Gasteiger charge is 2.36. The van der Waals surface area contributed by atoms with Crippen molar-refractivity contribution in [1.82, 2.24) is 24.8 Å². The Hall–Kier alpha value is -2.66. The second-order valence-corrected chi connectivity index (χ2v) is 10.0. The molecule has 0 radical (unpaired) electrons. The largest absolute Gasteiger partial charge is 0.419 e. The van der Waals surface area contributed by atoms with Gasteiger partial charge in [-0.05, 0) is 60.8 Å². The Bertz CT molecular complexity index is 1260. The Morgan fingerprint density at radius 1 is 1.11 bits per heavy atom. The first-order valence-corrected chi connectivity index (χ1v) is 12.5. The summed E-state index contributed by atoms with van der Waals surface area (Å²) in [6.07, 6.45) is 1.46. The Labute approximate surface area is 209 Å². The lowest BCUT2D eigenvalue weighted by atomic mass is 10.0. The quantitative estimate of drug-likeness (QED) is 0.405. The minimum Gasteiger partial charge on any atom is -0.360 e. The average molecular weight is 551 g/mol. The Kier molecular flexibility index (Phi) is 6.47. The number of carbonyl (C=O) groups excluding carboxylic acids is 1. The van der Waals surface area contributed by atoms with E-state index in [1.807, 2.05) is 0 Å². The number of hydrogen-bond acceptors (Lipinski definition) is 5. The number of piperidine rings is 1. The third kappa shape index (κ3) is 4.75. The fourth-order valence-corrected chi connectivity index (χ4v) is 5.57. The Balaban J connectivity index is 1.65. The molecule has 35 heavy (non-hydrogen) atoms. The first-order chi connectivity index (χ1) is 16.7. The summed E-state index contributed by atoms with van der Waals surface area (Å²) in [5.41, 5.74) is 0.203. The van der Waals surface area contributed by atoms with Crippen LogP contribution in [-0.4, -0.2) is 69.9 Å². The zero-order valence-electron chi connectivity index (χ0n) is 19.3. The smallest absolute Gasteiger partial charge is 0.360 e. The number of rotatable bonds is 0. The van der Waals surface area contributed by atoms with E-state index in [1.165, 1.54) is 6.20 Å². The third-order valence-corrected chi connectivity index (χ3v) is 7.60. The molecule has 0 aliphatic carbocycles. The molecule has 1 saturated heterocycles. The van der Waals surface area contributed by atoms with Gasteiger partial charge in [-0.3, -0.25) is 4.79 Å². The van der Waals surface area contributed by atoms with Crippen LogP contribution in [0.4, 0.5) is 19.1 Å². The lowest BCUT2D eigenvalue weighted by Crippen LogP contribution is -2.42. The SMILES string of the molecule is CN1CCCCN2CCC[C@@H](C2)Nc2ncc(C(F)(F)F)c(n2)-c2c[nH]c3c(Br)c(ccc23)C1=O. The van der Waals surface area contributed by atoms with Crippen molar-refractivity contribution >= 4 is 38.7 Å². The van der Waals surface area contributed by atoms with Crippen molar-refractivity contribution in [3.8, 4) is 11.3 Å². The molecule has 7 nitrogen and oxygen atoms in total. The van der Waals surface area contributed by atoms with E-state index in [2.05, 4.69) is 41.1 Å². The summed E-state index contributed by atoms with van der Waals surface area (Å²) in [4.78, 5) is 28.6. The molecule has 3 aliphatic rings. The molecule has 0 spiro atoms. The van der Waals surface area contributed by atoms with E-state index in [-0.39, 0.29) is 23.6 Å². The lowest BCUT2D eigenvalue weighted by molar-refractivity contribution is -0.137. The topological polar surface area (TPSA) is 77.2 Å². The van der Waals surface area contributed by atoms with Gasteiger partial charge in [-0.25, -0.2) is 9.97 Å². The monoisotopic (exact) mass is 550 g/mol. The maximum atomic E-state index is 13.9. The van der Waals surface area contributed by atoms with Crippen LogP contribution in [0.5, 0.6) is 0 Å². The van der Waals surface area contributed by atoms with E-state index in [9.17, 15) is 18.0 Å². The zero-order valence-corrected chi connectivity index (χ0v) is 20.8. The number of nitrogens with zero attached hydrogens (tertiary/aromatic N) is 4. The maximum absolute atomic E-state index is 13.9. The summed E-state index contributed by atoms with van der Waals surface area (Å²) >= 11 is 3.50. The number of benzene rings is 1. The fraction of sp³-hybridized carbons (Fsp3) is 0.458. The molecule has 8 bridgehead atoms. The average Bonchev–Trinajstić information content (AvgIpc) is 3.25. The van der Waals surface area contributed by atoms with Crippen LogP contribution in [-0.2, 0) is 6.18 Å². The van der Waals surface area contributed by atoms with E-state index < -0.39 is 11.7 Å².